The number of hydrogen-bond acceptors (Lipinski definition) is 0. The van der Waals surface area contributed by atoms with Crippen LogP contribution in [0.15, 0.2) is 54.2 Å². The minimum atomic E-state index is -1.41. The predicted molar refractivity (Wildman–Crippen MR) is 111 cm³/mol. The predicted octanol–water partition coefficient (Wildman–Crippen LogP) is 6.19. The molecule has 0 saturated carbocycles. The molecule has 23 heavy (non-hydrogen) atoms. The van der Waals surface area contributed by atoms with Gasteiger partial charge in [-0.05, 0) is 28.8 Å². The smallest absolute Gasteiger partial charge is 0.0784 e. The highest BCUT2D eigenvalue weighted by Crippen LogP contribution is 2.27. The summed E-state index contributed by atoms with van der Waals surface area (Å²) in [6.45, 7) is 14.4. The average molecular weight is 359 g/mol. The number of rotatable bonds is 4. The lowest BCUT2D eigenvalue weighted by molar-refractivity contribution is 1.55. The third kappa shape index (κ3) is 4.94. The van der Waals surface area contributed by atoms with Crippen LogP contribution in [-0.4, -0.2) is 16.1 Å². The second-order valence-electron chi connectivity index (χ2n) is 8.23. The largest absolute Gasteiger partial charge is 0.0867 e. The van der Waals surface area contributed by atoms with Gasteiger partial charge in [-0.1, -0.05) is 98.2 Å². The third-order valence-corrected chi connectivity index (χ3v) is 7.22. The van der Waals surface area contributed by atoms with E-state index >= 15 is 0 Å². The molecule has 0 aromatic heterocycles. The Morgan fingerprint density at radius 3 is 1.91 bits per heavy atom. The number of halogens is 1. The Morgan fingerprint density at radius 2 is 1.39 bits per heavy atom. The van der Waals surface area contributed by atoms with E-state index in [9.17, 15) is 0 Å². The average Bonchev–Trinajstić information content (AvgIpc) is 2.44. The van der Waals surface area contributed by atoms with Crippen molar-refractivity contribution in [1.29, 1.82) is 0 Å². The molecular formula is C20H27ClSi2. The second-order valence-corrected chi connectivity index (χ2v) is 18.7. The van der Waals surface area contributed by atoms with Gasteiger partial charge in [-0.25, -0.2) is 0 Å². The van der Waals surface area contributed by atoms with Crippen molar-refractivity contribution in [3.63, 3.8) is 0 Å². The molecule has 2 aromatic rings. The number of hydrogen-bond donors (Lipinski definition) is 0. The minimum Gasteiger partial charge on any atom is -0.0867 e. The molecule has 0 fully saturated rings. The van der Waals surface area contributed by atoms with Crippen molar-refractivity contribution in [2.24, 2.45) is 0 Å². The molecule has 0 spiro atoms. The van der Waals surface area contributed by atoms with Crippen LogP contribution in [0.1, 0.15) is 11.1 Å². The molecule has 122 valence electrons. The summed E-state index contributed by atoms with van der Waals surface area (Å²) in [5, 5.41) is 2.32. The molecule has 0 unspecified atom stereocenters. The van der Waals surface area contributed by atoms with E-state index in [1.54, 1.807) is 0 Å². The maximum Gasteiger partial charge on any atom is 0.0784 e. The fourth-order valence-electron chi connectivity index (χ4n) is 2.75. The molecule has 0 radical (unpaired) electrons. The molecule has 2 aromatic carbocycles. The maximum atomic E-state index is 6.10. The zero-order chi connectivity index (χ0) is 17.3. The van der Waals surface area contributed by atoms with Crippen LogP contribution in [0.4, 0.5) is 0 Å². The van der Waals surface area contributed by atoms with Gasteiger partial charge >= 0.3 is 0 Å². The van der Waals surface area contributed by atoms with E-state index in [4.69, 9.17) is 11.6 Å². The van der Waals surface area contributed by atoms with Gasteiger partial charge in [-0.2, -0.15) is 0 Å². The highest BCUT2D eigenvalue weighted by molar-refractivity contribution is 6.89. The molecule has 0 aliphatic rings. The normalized spacial score (nSPS) is 13.3. The fourth-order valence-corrected chi connectivity index (χ4v) is 5.69. The summed E-state index contributed by atoms with van der Waals surface area (Å²) in [7, 11) is -2.77. The Labute approximate surface area is 148 Å². The summed E-state index contributed by atoms with van der Waals surface area (Å²) in [5.74, 6) is 0. The quantitative estimate of drug-likeness (QED) is 0.571. The fraction of sp³-hybridized carbons (Fsp3) is 0.300. The molecule has 0 bridgehead atoms. The lowest BCUT2D eigenvalue weighted by Gasteiger charge is -2.24. The van der Waals surface area contributed by atoms with E-state index in [2.05, 4.69) is 81.4 Å². The van der Waals surface area contributed by atoms with Crippen molar-refractivity contribution < 1.29 is 0 Å². The summed E-state index contributed by atoms with van der Waals surface area (Å²) in [6, 6.07) is 17.2. The van der Waals surface area contributed by atoms with Gasteiger partial charge in [0, 0.05) is 5.02 Å². The molecule has 0 saturated heterocycles. The van der Waals surface area contributed by atoms with E-state index < -0.39 is 16.1 Å². The van der Waals surface area contributed by atoms with Gasteiger partial charge in [-0.3, -0.25) is 0 Å². The first kappa shape index (κ1) is 18.2. The summed E-state index contributed by atoms with van der Waals surface area (Å²) < 4.78 is 0. The van der Waals surface area contributed by atoms with Crippen LogP contribution in [0.3, 0.4) is 0 Å². The summed E-state index contributed by atoms with van der Waals surface area (Å²) >= 11 is 6.10. The van der Waals surface area contributed by atoms with Crippen molar-refractivity contribution in [1.82, 2.24) is 0 Å². The summed E-state index contributed by atoms with van der Waals surface area (Å²) in [4.78, 5) is 0. The van der Waals surface area contributed by atoms with Crippen LogP contribution in [0.5, 0.6) is 0 Å². The molecule has 0 aliphatic heterocycles. The molecule has 0 amide bonds. The van der Waals surface area contributed by atoms with Crippen LogP contribution in [-0.2, 0) is 0 Å². The molecule has 0 N–H and O–H groups in total. The highest BCUT2D eigenvalue weighted by atomic mass is 35.5. The van der Waals surface area contributed by atoms with Gasteiger partial charge in [-0.15, -0.1) is 0 Å². The van der Waals surface area contributed by atoms with E-state index in [1.165, 1.54) is 21.9 Å². The summed E-state index contributed by atoms with van der Waals surface area (Å²) in [5.41, 5.74) is 6.56. The van der Waals surface area contributed by atoms with Crippen molar-refractivity contribution in [2.45, 2.75) is 39.3 Å². The Hall–Kier alpha value is -1.10. The van der Waals surface area contributed by atoms with Gasteiger partial charge in [0.05, 0.1) is 16.1 Å². The Bertz CT molecular complexity index is 702. The van der Waals surface area contributed by atoms with Crippen molar-refractivity contribution in [2.75, 3.05) is 0 Å². The van der Waals surface area contributed by atoms with E-state index in [0.29, 0.717) is 0 Å². The standard InChI is InChI=1S/C20H27ClSi2/c1-22(2,3)15-19(16-11-13-17(21)14-12-16)18-9-7-8-10-20(18)23(4,5)6/h7-15H,1-6H3. The van der Waals surface area contributed by atoms with Gasteiger partial charge in [0.2, 0.25) is 0 Å². The van der Waals surface area contributed by atoms with Crippen LogP contribution in [0, 0.1) is 0 Å². The molecule has 0 aliphatic carbocycles. The maximum absolute atomic E-state index is 6.10. The van der Waals surface area contributed by atoms with Crippen LogP contribution >= 0.6 is 11.6 Å². The summed E-state index contributed by atoms with van der Waals surface area (Å²) in [6.07, 6.45) is 0. The van der Waals surface area contributed by atoms with E-state index in [0.717, 1.165) is 5.02 Å². The van der Waals surface area contributed by atoms with Gasteiger partial charge in [0.25, 0.3) is 0 Å². The van der Waals surface area contributed by atoms with Crippen molar-refractivity contribution >= 4 is 38.5 Å². The van der Waals surface area contributed by atoms with Crippen molar-refractivity contribution in [3.8, 4) is 0 Å². The first-order valence-corrected chi connectivity index (χ1v) is 15.6. The Kier molecular flexibility index (Phi) is 5.39. The molecule has 0 atom stereocenters. The van der Waals surface area contributed by atoms with Gasteiger partial charge in [0.15, 0.2) is 0 Å². The second kappa shape index (κ2) is 6.80. The topological polar surface area (TPSA) is 0 Å². The Balaban J connectivity index is 2.70. The minimum absolute atomic E-state index is 0.791. The highest BCUT2D eigenvalue weighted by Gasteiger charge is 2.23. The molecule has 3 heteroatoms. The van der Waals surface area contributed by atoms with E-state index in [-0.39, 0.29) is 0 Å². The first-order valence-electron chi connectivity index (χ1n) is 8.17. The molecule has 0 heterocycles. The molecular weight excluding hydrogens is 332 g/mol. The SMILES string of the molecule is C[Si](C)(C)C=C(c1ccc(Cl)cc1)c1ccccc1[Si](C)(C)C. The zero-order valence-electron chi connectivity index (χ0n) is 15.1. The lowest BCUT2D eigenvalue weighted by Crippen LogP contribution is -2.40. The van der Waals surface area contributed by atoms with Crippen LogP contribution in [0.2, 0.25) is 44.3 Å². The first-order chi connectivity index (χ1) is 10.6. The molecule has 0 nitrogen and oxygen atoms in total. The van der Waals surface area contributed by atoms with Crippen LogP contribution < -0.4 is 5.19 Å². The van der Waals surface area contributed by atoms with E-state index in [1.807, 2.05) is 12.1 Å². The zero-order valence-corrected chi connectivity index (χ0v) is 17.8. The Morgan fingerprint density at radius 1 is 0.826 bits per heavy atom. The van der Waals surface area contributed by atoms with Crippen molar-refractivity contribution in [3.05, 3.63) is 70.4 Å². The number of benzene rings is 2. The van der Waals surface area contributed by atoms with Crippen LogP contribution in [0.25, 0.3) is 5.57 Å². The third-order valence-electron chi connectivity index (χ3n) is 3.76. The van der Waals surface area contributed by atoms with Gasteiger partial charge < -0.3 is 0 Å². The molecule has 2 rings (SSSR count). The van der Waals surface area contributed by atoms with Gasteiger partial charge in [0.1, 0.15) is 0 Å². The lowest BCUT2D eigenvalue weighted by atomic mass is 9.99. The monoisotopic (exact) mass is 358 g/mol.